The Morgan fingerprint density at radius 1 is 1.19 bits per heavy atom. The van der Waals surface area contributed by atoms with Crippen LogP contribution in [0.4, 0.5) is 0 Å². The molecule has 5 nitrogen and oxygen atoms in total. The Hall–Kier alpha value is -1.40. The number of hydrogen-bond donors (Lipinski definition) is 2. The summed E-state index contributed by atoms with van der Waals surface area (Å²) in [4.78, 5) is 11.3. The lowest BCUT2D eigenvalue weighted by Gasteiger charge is -2.30. The van der Waals surface area contributed by atoms with E-state index in [0.717, 1.165) is 19.3 Å². The van der Waals surface area contributed by atoms with Gasteiger partial charge in [0.05, 0.1) is 4.90 Å². The highest BCUT2D eigenvalue weighted by Gasteiger charge is 2.49. The number of carbonyl (C=O) groups is 1. The summed E-state index contributed by atoms with van der Waals surface area (Å²) in [5, 5.41) is 9.06. The van der Waals surface area contributed by atoms with Crippen molar-refractivity contribution in [1.82, 2.24) is 4.72 Å². The fraction of sp³-hybridized carbons (Fsp3) is 0.533. The molecule has 0 spiro atoms. The van der Waals surface area contributed by atoms with Crippen LogP contribution < -0.4 is 4.72 Å². The molecule has 2 bridgehead atoms. The maximum absolute atomic E-state index is 12.4. The van der Waals surface area contributed by atoms with Crippen LogP contribution in [0, 0.1) is 17.8 Å². The maximum atomic E-state index is 12.4. The summed E-state index contributed by atoms with van der Waals surface area (Å²) >= 11 is 0. The Bertz CT molecular complexity index is 628. The van der Waals surface area contributed by atoms with Gasteiger partial charge in [-0.3, -0.25) is 4.79 Å². The van der Waals surface area contributed by atoms with E-state index < -0.39 is 16.0 Å². The second-order valence-corrected chi connectivity index (χ2v) is 7.77. The molecule has 2 saturated carbocycles. The zero-order valence-electron chi connectivity index (χ0n) is 11.6. The summed E-state index contributed by atoms with van der Waals surface area (Å²) in [7, 11) is -3.58. The molecule has 2 N–H and O–H groups in total. The van der Waals surface area contributed by atoms with Crippen LogP contribution in [0.5, 0.6) is 0 Å². The number of carboxylic acids is 1. The largest absolute Gasteiger partial charge is 0.481 e. The molecule has 4 atom stereocenters. The third kappa shape index (κ3) is 2.82. The molecule has 0 radical (unpaired) electrons. The number of carboxylic acid groups (broad SMARTS) is 1. The molecule has 0 aromatic heterocycles. The van der Waals surface area contributed by atoms with Gasteiger partial charge in [0.15, 0.2) is 0 Å². The molecule has 0 aliphatic heterocycles. The molecule has 6 heteroatoms. The SMILES string of the molecule is O=C(O)CC1C(NS(=O)(=O)c2ccccc2)[C@H]2CC[C@H]1C2. The molecule has 3 rings (SSSR count). The summed E-state index contributed by atoms with van der Waals surface area (Å²) in [5.41, 5.74) is 0. The van der Waals surface area contributed by atoms with Crippen LogP contribution in [-0.4, -0.2) is 25.5 Å². The molecule has 2 aliphatic carbocycles. The van der Waals surface area contributed by atoms with Gasteiger partial charge in [-0.15, -0.1) is 0 Å². The first-order valence-electron chi connectivity index (χ1n) is 7.26. The van der Waals surface area contributed by atoms with E-state index >= 15 is 0 Å². The first-order valence-corrected chi connectivity index (χ1v) is 8.75. The van der Waals surface area contributed by atoms with E-state index in [1.165, 1.54) is 0 Å². The highest BCUT2D eigenvalue weighted by molar-refractivity contribution is 7.89. The number of aliphatic carboxylic acids is 1. The second-order valence-electron chi connectivity index (χ2n) is 6.06. The van der Waals surface area contributed by atoms with Gasteiger partial charge in [-0.05, 0) is 49.1 Å². The number of rotatable bonds is 5. The fourth-order valence-corrected chi connectivity index (χ4v) is 5.31. The normalized spacial score (nSPS) is 31.4. The molecule has 0 saturated heterocycles. The van der Waals surface area contributed by atoms with Crippen molar-refractivity contribution in [1.29, 1.82) is 0 Å². The first-order chi connectivity index (χ1) is 9.97. The summed E-state index contributed by atoms with van der Waals surface area (Å²) in [6.45, 7) is 0. The van der Waals surface area contributed by atoms with E-state index in [1.54, 1.807) is 30.3 Å². The topological polar surface area (TPSA) is 83.5 Å². The minimum absolute atomic E-state index is 0.0448. The molecule has 2 fully saturated rings. The van der Waals surface area contributed by atoms with Gasteiger partial charge in [-0.25, -0.2) is 13.1 Å². The Morgan fingerprint density at radius 3 is 2.52 bits per heavy atom. The van der Waals surface area contributed by atoms with E-state index in [4.69, 9.17) is 5.11 Å². The molecule has 2 aliphatic rings. The van der Waals surface area contributed by atoms with Crippen molar-refractivity contribution < 1.29 is 18.3 Å². The van der Waals surface area contributed by atoms with E-state index in [2.05, 4.69) is 4.72 Å². The zero-order valence-corrected chi connectivity index (χ0v) is 12.4. The van der Waals surface area contributed by atoms with E-state index in [-0.39, 0.29) is 29.2 Å². The molecule has 2 unspecified atom stereocenters. The van der Waals surface area contributed by atoms with Crippen molar-refractivity contribution in [3.8, 4) is 0 Å². The molecular weight excluding hydrogens is 290 g/mol. The number of nitrogens with one attached hydrogen (secondary N) is 1. The summed E-state index contributed by atoms with van der Waals surface area (Å²) in [5.74, 6) is -0.316. The van der Waals surface area contributed by atoms with Crippen molar-refractivity contribution in [2.24, 2.45) is 17.8 Å². The third-order valence-electron chi connectivity index (χ3n) is 4.84. The van der Waals surface area contributed by atoms with E-state index in [9.17, 15) is 13.2 Å². The Kier molecular flexibility index (Phi) is 3.75. The van der Waals surface area contributed by atoms with Crippen molar-refractivity contribution in [2.75, 3.05) is 0 Å². The first kappa shape index (κ1) is 14.5. The van der Waals surface area contributed by atoms with Gasteiger partial charge < -0.3 is 5.11 Å². The van der Waals surface area contributed by atoms with Gasteiger partial charge in [-0.1, -0.05) is 18.2 Å². The van der Waals surface area contributed by atoms with Crippen LogP contribution in [0.2, 0.25) is 0 Å². The number of sulfonamides is 1. The van der Waals surface area contributed by atoms with Crippen molar-refractivity contribution >= 4 is 16.0 Å². The smallest absolute Gasteiger partial charge is 0.303 e. The number of benzene rings is 1. The molecule has 1 aromatic rings. The van der Waals surface area contributed by atoms with Crippen molar-refractivity contribution in [3.05, 3.63) is 30.3 Å². The number of fused-ring (bicyclic) bond motifs is 2. The van der Waals surface area contributed by atoms with Crippen LogP contribution in [-0.2, 0) is 14.8 Å². The number of hydrogen-bond acceptors (Lipinski definition) is 3. The predicted molar refractivity (Wildman–Crippen MR) is 77.1 cm³/mol. The molecule has 1 aromatic carbocycles. The predicted octanol–water partition coefficient (Wildman–Crippen LogP) is 1.85. The third-order valence-corrected chi connectivity index (χ3v) is 6.32. The summed E-state index contributed by atoms with van der Waals surface area (Å²) in [6, 6.07) is 8.01. The van der Waals surface area contributed by atoms with E-state index in [0.29, 0.717) is 5.92 Å². The second kappa shape index (κ2) is 5.42. The van der Waals surface area contributed by atoms with Gasteiger partial charge in [0.1, 0.15) is 0 Å². The van der Waals surface area contributed by atoms with Crippen LogP contribution in [0.25, 0.3) is 0 Å². The molecular formula is C15H19NO4S. The van der Waals surface area contributed by atoms with E-state index in [1.807, 2.05) is 0 Å². The lowest BCUT2D eigenvalue weighted by Crippen LogP contribution is -2.44. The van der Waals surface area contributed by atoms with Crippen molar-refractivity contribution in [3.63, 3.8) is 0 Å². The quantitative estimate of drug-likeness (QED) is 0.869. The van der Waals surface area contributed by atoms with Crippen LogP contribution in [0.1, 0.15) is 25.7 Å². The lowest BCUT2D eigenvalue weighted by atomic mass is 9.83. The van der Waals surface area contributed by atoms with Gasteiger partial charge in [0.25, 0.3) is 0 Å². The van der Waals surface area contributed by atoms with Gasteiger partial charge in [0.2, 0.25) is 10.0 Å². The lowest BCUT2D eigenvalue weighted by molar-refractivity contribution is -0.138. The average Bonchev–Trinajstić information content (AvgIpc) is 3.02. The standard InChI is InChI=1S/C15H19NO4S/c17-14(18)9-13-10-6-7-11(8-10)15(13)16-21(19,20)12-4-2-1-3-5-12/h1-5,10-11,13,15-16H,6-9H2,(H,17,18)/t10-,11-,13?,15?/m0/s1. The fourth-order valence-electron chi connectivity index (χ4n) is 3.94. The molecule has 0 amide bonds. The monoisotopic (exact) mass is 309 g/mol. The highest BCUT2D eigenvalue weighted by atomic mass is 32.2. The highest BCUT2D eigenvalue weighted by Crippen LogP contribution is 2.50. The molecule has 114 valence electrons. The summed E-state index contributed by atoms with van der Waals surface area (Å²) in [6.07, 6.45) is 3.00. The van der Waals surface area contributed by atoms with Crippen molar-refractivity contribution in [2.45, 2.75) is 36.6 Å². The Morgan fingerprint density at radius 2 is 1.86 bits per heavy atom. The Labute approximate surface area is 124 Å². The minimum Gasteiger partial charge on any atom is -0.481 e. The Balaban J connectivity index is 1.81. The average molecular weight is 309 g/mol. The minimum atomic E-state index is -3.58. The van der Waals surface area contributed by atoms with Crippen LogP contribution in [0.3, 0.4) is 0 Å². The zero-order chi connectivity index (χ0) is 15.0. The maximum Gasteiger partial charge on any atom is 0.303 e. The van der Waals surface area contributed by atoms with Crippen LogP contribution >= 0.6 is 0 Å². The summed E-state index contributed by atoms with van der Waals surface area (Å²) < 4.78 is 27.6. The van der Waals surface area contributed by atoms with Gasteiger partial charge >= 0.3 is 5.97 Å². The molecule has 21 heavy (non-hydrogen) atoms. The molecule has 0 heterocycles. The van der Waals surface area contributed by atoms with Gasteiger partial charge in [-0.2, -0.15) is 0 Å². The van der Waals surface area contributed by atoms with Crippen LogP contribution in [0.15, 0.2) is 35.2 Å². The van der Waals surface area contributed by atoms with Gasteiger partial charge in [0, 0.05) is 12.5 Å².